The normalized spacial score (nSPS) is 11.5. The summed E-state index contributed by atoms with van der Waals surface area (Å²) in [6, 6.07) is 72.6. The van der Waals surface area contributed by atoms with Crippen LogP contribution in [0, 0.1) is 0 Å². The molecule has 4 heteroatoms. The zero-order chi connectivity index (χ0) is 37.7. The van der Waals surface area contributed by atoms with Crippen LogP contribution in [-0.2, 0) is 0 Å². The van der Waals surface area contributed by atoms with E-state index in [1.165, 1.54) is 38.3 Å². The number of rotatable bonds is 6. The summed E-state index contributed by atoms with van der Waals surface area (Å²) in [5.74, 6) is 0.695. The van der Waals surface area contributed by atoms with Crippen LogP contribution in [-0.4, -0.2) is 19.5 Å². The van der Waals surface area contributed by atoms with Gasteiger partial charge in [-0.05, 0) is 59.0 Å². The van der Waals surface area contributed by atoms with Gasteiger partial charge in [-0.3, -0.25) is 0 Å². The first kappa shape index (κ1) is 32.7. The van der Waals surface area contributed by atoms with Crippen LogP contribution < -0.4 is 0 Å². The zero-order valence-electron chi connectivity index (χ0n) is 30.9. The third kappa shape index (κ3) is 5.74. The molecule has 0 amide bonds. The van der Waals surface area contributed by atoms with Gasteiger partial charge >= 0.3 is 0 Å². The van der Waals surface area contributed by atoms with Crippen molar-refractivity contribution in [2.75, 3.05) is 0 Å². The lowest BCUT2D eigenvalue weighted by atomic mass is 9.97. The highest BCUT2D eigenvalue weighted by Gasteiger charge is 2.18. The van der Waals surface area contributed by atoms with Gasteiger partial charge in [-0.15, -0.1) is 0 Å². The minimum absolute atomic E-state index is 0.695. The Hall–Kier alpha value is -7.69. The first-order chi connectivity index (χ1) is 28.2. The predicted octanol–water partition coefficient (Wildman–Crippen LogP) is 13.6. The zero-order valence-corrected chi connectivity index (χ0v) is 30.9. The fourth-order valence-electron chi connectivity index (χ4n) is 8.21. The second-order valence-electron chi connectivity index (χ2n) is 14.4. The van der Waals surface area contributed by atoms with E-state index in [1.807, 2.05) is 24.3 Å². The smallest absolute Gasteiger partial charge is 0.160 e. The van der Waals surface area contributed by atoms with Crippen molar-refractivity contribution in [3.05, 3.63) is 206 Å². The van der Waals surface area contributed by atoms with Crippen LogP contribution in [0.2, 0.25) is 0 Å². The third-order valence-corrected chi connectivity index (χ3v) is 11.0. The molecule has 3 heterocycles. The molecule has 0 atom stereocenters. The lowest BCUT2D eigenvalue weighted by Gasteiger charge is -2.13. The van der Waals surface area contributed by atoms with Crippen molar-refractivity contribution in [3.8, 4) is 62.0 Å². The van der Waals surface area contributed by atoms with Crippen molar-refractivity contribution in [3.63, 3.8) is 0 Å². The number of benzene rings is 8. The molecule has 3 aromatic heterocycles. The molecule has 0 unspecified atom stereocenters. The molecule has 0 aliphatic heterocycles. The molecular formula is C53H34N4. The maximum absolute atomic E-state index is 5.33. The van der Waals surface area contributed by atoms with E-state index in [-0.39, 0.29) is 0 Å². The van der Waals surface area contributed by atoms with E-state index in [0.29, 0.717) is 5.82 Å². The lowest BCUT2D eigenvalue weighted by molar-refractivity contribution is 1.18. The molecule has 0 aliphatic carbocycles. The summed E-state index contributed by atoms with van der Waals surface area (Å²) in [7, 11) is 0. The fourth-order valence-corrected chi connectivity index (χ4v) is 8.21. The SMILES string of the molecule is c1ccc(-c2ccc(-c3cc(-c4ccc(-c5nc6ccccc6c6cc7c(cc56)c5ccccc5n7-c5ccccc5)cc4)nc(-c4ccccc4)n3)cc2)cc1. The van der Waals surface area contributed by atoms with Crippen LogP contribution in [0.3, 0.4) is 0 Å². The van der Waals surface area contributed by atoms with Gasteiger partial charge in [-0.2, -0.15) is 0 Å². The summed E-state index contributed by atoms with van der Waals surface area (Å²) in [5, 5.41) is 5.86. The molecule has 0 N–H and O–H groups in total. The van der Waals surface area contributed by atoms with Crippen molar-refractivity contribution in [2.24, 2.45) is 0 Å². The molecule has 57 heavy (non-hydrogen) atoms. The third-order valence-electron chi connectivity index (χ3n) is 11.0. The summed E-state index contributed by atoms with van der Waals surface area (Å²) in [6.07, 6.45) is 0. The Bertz CT molecular complexity index is 3240. The monoisotopic (exact) mass is 726 g/mol. The van der Waals surface area contributed by atoms with Crippen molar-refractivity contribution in [1.82, 2.24) is 19.5 Å². The Balaban J connectivity index is 1.05. The average molecular weight is 727 g/mol. The molecule has 11 aromatic rings. The highest BCUT2D eigenvalue weighted by Crippen LogP contribution is 2.40. The van der Waals surface area contributed by atoms with Crippen molar-refractivity contribution < 1.29 is 0 Å². The van der Waals surface area contributed by atoms with Gasteiger partial charge in [-0.1, -0.05) is 164 Å². The molecule has 0 fully saturated rings. The number of para-hydroxylation sites is 3. The molecule has 266 valence electrons. The van der Waals surface area contributed by atoms with Crippen LogP contribution >= 0.6 is 0 Å². The molecule has 0 radical (unpaired) electrons. The Morgan fingerprint density at radius 1 is 0.298 bits per heavy atom. The largest absolute Gasteiger partial charge is 0.309 e. The summed E-state index contributed by atoms with van der Waals surface area (Å²) in [4.78, 5) is 15.5. The molecular weight excluding hydrogens is 693 g/mol. The first-order valence-corrected chi connectivity index (χ1v) is 19.3. The maximum atomic E-state index is 5.33. The van der Waals surface area contributed by atoms with Gasteiger partial charge in [0.25, 0.3) is 0 Å². The predicted molar refractivity (Wildman–Crippen MR) is 236 cm³/mol. The molecule has 8 aromatic carbocycles. The Morgan fingerprint density at radius 3 is 1.51 bits per heavy atom. The van der Waals surface area contributed by atoms with Gasteiger partial charge < -0.3 is 4.57 Å². The Labute approximate surface area is 330 Å². The van der Waals surface area contributed by atoms with Crippen LogP contribution in [0.4, 0.5) is 0 Å². The van der Waals surface area contributed by atoms with Crippen LogP contribution in [0.15, 0.2) is 206 Å². The summed E-state index contributed by atoms with van der Waals surface area (Å²) in [5.41, 5.74) is 13.6. The van der Waals surface area contributed by atoms with Crippen molar-refractivity contribution >= 4 is 43.5 Å². The Kier molecular flexibility index (Phi) is 7.78. The van der Waals surface area contributed by atoms with Crippen LogP contribution in [0.25, 0.3) is 105 Å². The molecule has 0 aliphatic rings. The number of hydrogen-bond donors (Lipinski definition) is 0. The van der Waals surface area contributed by atoms with E-state index in [2.05, 4.69) is 187 Å². The van der Waals surface area contributed by atoms with E-state index < -0.39 is 0 Å². The lowest BCUT2D eigenvalue weighted by Crippen LogP contribution is -1.96. The Morgan fingerprint density at radius 2 is 0.825 bits per heavy atom. The molecule has 11 rings (SSSR count). The van der Waals surface area contributed by atoms with E-state index >= 15 is 0 Å². The van der Waals surface area contributed by atoms with Crippen molar-refractivity contribution in [2.45, 2.75) is 0 Å². The highest BCUT2D eigenvalue weighted by molar-refractivity contribution is 6.20. The van der Waals surface area contributed by atoms with E-state index in [9.17, 15) is 0 Å². The summed E-state index contributed by atoms with van der Waals surface area (Å²) < 4.78 is 2.38. The number of fused-ring (bicyclic) bond motifs is 6. The van der Waals surface area contributed by atoms with Crippen LogP contribution in [0.1, 0.15) is 0 Å². The van der Waals surface area contributed by atoms with Gasteiger partial charge in [-0.25, -0.2) is 15.0 Å². The minimum Gasteiger partial charge on any atom is -0.309 e. The van der Waals surface area contributed by atoms with Gasteiger partial charge in [0.15, 0.2) is 5.82 Å². The minimum atomic E-state index is 0.695. The molecule has 0 saturated carbocycles. The molecule has 0 spiro atoms. The average Bonchev–Trinajstić information content (AvgIpc) is 3.62. The number of nitrogens with zero attached hydrogens (tertiary/aromatic N) is 4. The number of aromatic nitrogens is 4. The molecule has 0 bridgehead atoms. The maximum Gasteiger partial charge on any atom is 0.160 e. The summed E-state index contributed by atoms with van der Waals surface area (Å²) >= 11 is 0. The van der Waals surface area contributed by atoms with Gasteiger partial charge in [0.05, 0.1) is 33.6 Å². The van der Waals surface area contributed by atoms with Gasteiger partial charge in [0.1, 0.15) is 0 Å². The number of pyridine rings is 1. The first-order valence-electron chi connectivity index (χ1n) is 19.3. The van der Waals surface area contributed by atoms with Crippen LogP contribution in [0.5, 0.6) is 0 Å². The highest BCUT2D eigenvalue weighted by atomic mass is 15.0. The van der Waals surface area contributed by atoms with Gasteiger partial charge in [0.2, 0.25) is 0 Å². The van der Waals surface area contributed by atoms with Gasteiger partial charge in [0, 0.05) is 49.5 Å². The fraction of sp³-hybridized carbons (Fsp3) is 0. The second-order valence-corrected chi connectivity index (χ2v) is 14.4. The molecule has 4 nitrogen and oxygen atoms in total. The number of hydrogen-bond acceptors (Lipinski definition) is 3. The second kappa shape index (κ2) is 13.6. The van der Waals surface area contributed by atoms with E-state index in [4.69, 9.17) is 15.0 Å². The topological polar surface area (TPSA) is 43.6 Å². The standard InChI is InChI=1S/C53H34N4/c1-4-14-35(15-5-1)36-24-26-37(27-25-36)48-34-49(56-53(55-48)40-16-6-2-7-17-40)38-28-30-39(31-29-38)52-46-32-45-43-21-11-13-23-50(43)57(41-18-8-3-9-19-41)51(45)33-44(46)42-20-10-12-22-47(42)54-52/h1-34H. The molecule has 0 saturated heterocycles. The van der Waals surface area contributed by atoms with Crippen molar-refractivity contribution in [1.29, 1.82) is 0 Å². The van der Waals surface area contributed by atoms with E-state index in [0.717, 1.165) is 61.3 Å². The quantitative estimate of drug-likeness (QED) is 0.160. The summed E-state index contributed by atoms with van der Waals surface area (Å²) in [6.45, 7) is 0. The van der Waals surface area contributed by atoms with E-state index in [1.54, 1.807) is 0 Å².